The summed E-state index contributed by atoms with van der Waals surface area (Å²) in [6.07, 6.45) is 18.3. The van der Waals surface area contributed by atoms with Gasteiger partial charge in [0, 0.05) is 29.5 Å². The first-order valence-electron chi connectivity index (χ1n) is 15.1. The number of aromatic hydroxyl groups is 1. The van der Waals surface area contributed by atoms with Crippen LogP contribution in [0.25, 0.3) is 10.8 Å². The number of ether oxygens (including phenoxy) is 1. The van der Waals surface area contributed by atoms with Crippen LogP contribution >= 0.6 is 11.8 Å². The van der Waals surface area contributed by atoms with E-state index in [0.29, 0.717) is 28.8 Å². The average Bonchev–Trinajstić information content (AvgIpc) is 2.94. The molecule has 0 saturated carbocycles. The van der Waals surface area contributed by atoms with Crippen molar-refractivity contribution in [2.24, 2.45) is 0 Å². The van der Waals surface area contributed by atoms with Crippen LogP contribution in [0, 0.1) is 0 Å². The van der Waals surface area contributed by atoms with E-state index in [1.54, 1.807) is 19.1 Å². The minimum absolute atomic E-state index is 0.0542. The maximum atomic E-state index is 12.9. The summed E-state index contributed by atoms with van der Waals surface area (Å²) in [5.74, 6) is 0.490. The Hall–Kier alpha value is -1.96. The number of thioether (sulfide) groups is 1. The Morgan fingerprint density at radius 3 is 1.95 bits per heavy atom. The van der Waals surface area contributed by atoms with Crippen LogP contribution in [0.4, 0.5) is 0 Å². The number of carbonyl (C=O) groups is 1. The van der Waals surface area contributed by atoms with Gasteiger partial charge in [-0.2, -0.15) is 0 Å². The van der Waals surface area contributed by atoms with Crippen LogP contribution in [-0.2, 0) is 0 Å². The Morgan fingerprint density at radius 1 is 0.846 bits per heavy atom. The van der Waals surface area contributed by atoms with E-state index >= 15 is 0 Å². The van der Waals surface area contributed by atoms with Crippen LogP contribution in [-0.4, -0.2) is 45.3 Å². The zero-order chi connectivity index (χ0) is 28.3. The zero-order valence-electron chi connectivity index (χ0n) is 24.2. The molecule has 0 unspecified atom stereocenters. The van der Waals surface area contributed by atoms with Gasteiger partial charge in [0.1, 0.15) is 11.5 Å². The summed E-state index contributed by atoms with van der Waals surface area (Å²) in [5, 5.41) is 32.7. The summed E-state index contributed by atoms with van der Waals surface area (Å²) in [4.78, 5) is 12.9. The summed E-state index contributed by atoms with van der Waals surface area (Å²) in [7, 11) is 0. The predicted octanol–water partition coefficient (Wildman–Crippen LogP) is 7.92. The normalized spacial score (nSPS) is 11.7. The fourth-order valence-electron chi connectivity index (χ4n) is 4.69. The number of amides is 1. The molecule has 0 aliphatic heterocycles. The standard InChI is InChI=1S/C32H51NO5S/c1-3-5-6-7-8-9-10-11-12-13-14-15-16-19-22-33-31(35)28-25-29(38-23-24-39-32(36,37)4-2)26-20-17-18-21-27(26)30(28)34/h17-18,20-21,25,34,36-37H,3-16,19,22-24H2,1-2H3,(H,33,35). The number of phenolic OH excluding ortho intramolecular Hbond substituents is 1. The first-order valence-corrected chi connectivity index (χ1v) is 16.1. The second kappa shape index (κ2) is 19.2. The third kappa shape index (κ3) is 12.8. The smallest absolute Gasteiger partial charge is 0.255 e. The lowest BCUT2D eigenvalue weighted by atomic mass is 10.0. The lowest BCUT2D eigenvalue weighted by molar-refractivity contribution is -0.0776. The molecule has 6 nitrogen and oxygen atoms in total. The Balaban J connectivity index is 1.70. The lowest BCUT2D eigenvalue weighted by Crippen LogP contribution is -2.25. The molecule has 0 aliphatic carbocycles. The van der Waals surface area contributed by atoms with Crippen LogP contribution in [0.2, 0.25) is 0 Å². The largest absolute Gasteiger partial charge is 0.506 e. The summed E-state index contributed by atoms with van der Waals surface area (Å²) >= 11 is 1.00. The summed E-state index contributed by atoms with van der Waals surface area (Å²) in [5.41, 5.74) is 0.189. The monoisotopic (exact) mass is 561 g/mol. The molecule has 2 rings (SSSR count). The lowest BCUT2D eigenvalue weighted by Gasteiger charge is -2.19. The number of hydrogen-bond donors (Lipinski definition) is 4. The number of hydrogen-bond acceptors (Lipinski definition) is 6. The molecule has 0 atom stereocenters. The molecule has 0 saturated heterocycles. The second-order valence-electron chi connectivity index (χ2n) is 10.5. The van der Waals surface area contributed by atoms with E-state index in [1.165, 1.54) is 77.0 Å². The van der Waals surface area contributed by atoms with Gasteiger partial charge in [0.15, 0.2) is 0 Å². The van der Waals surface area contributed by atoms with Gasteiger partial charge in [-0.25, -0.2) is 0 Å². The van der Waals surface area contributed by atoms with Crippen LogP contribution in [0.15, 0.2) is 30.3 Å². The third-order valence-corrected chi connectivity index (χ3v) is 8.30. The van der Waals surface area contributed by atoms with E-state index < -0.39 is 5.12 Å². The quantitative estimate of drug-likeness (QED) is 0.0861. The summed E-state index contributed by atoms with van der Waals surface area (Å²) in [6, 6.07) is 8.84. The van der Waals surface area contributed by atoms with Gasteiger partial charge in [-0.3, -0.25) is 4.79 Å². The number of fused-ring (bicyclic) bond motifs is 1. The van der Waals surface area contributed by atoms with E-state index in [2.05, 4.69) is 12.2 Å². The Kier molecular flexibility index (Phi) is 16.3. The van der Waals surface area contributed by atoms with E-state index in [1.807, 2.05) is 18.2 Å². The van der Waals surface area contributed by atoms with Crippen molar-refractivity contribution in [3.05, 3.63) is 35.9 Å². The summed E-state index contributed by atoms with van der Waals surface area (Å²) < 4.78 is 5.90. The van der Waals surface area contributed by atoms with Crippen LogP contribution in [0.1, 0.15) is 121 Å². The second-order valence-corrected chi connectivity index (χ2v) is 11.8. The fraction of sp³-hybridized carbons (Fsp3) is 0.656. The molecule has 2 aromatic rings. The Morgan fingerprint density at radius 2 is 1.38 bits per heavy atom. The SMILES string of the molecule is CCCCCCCCCCCCCCCCNC(=O)c1cc(OCCSC(O)(O)CC)c2ccccc2c1O. The van der Waals surface area contributed by atoms with Gasteiger partial charge in [0.25, 0.3) is 5.91 Å². The maximum Gasteiger partial charge on any atom is 0.255 e. The van der Waals surface area contributed by atoms with E-state index in [-0.39, 0.29) is 30.2 Å². The highest BCUT2D eigenvalue weighted by molar-refractivity contribution is 8.00. The van der Waals surface area contributed by atoms with Crippen LogP contribution in [0.3, 0.4) is 0 Å². The number of rotatable bonds is 22. The van der Waals surface area contributed by atoms with Crippen molar-refractivity contribution in [2.45, 2.75) is 115 Å². The number of carbonyl (C=O) groups excluding carboxylic acids is 1. The number of aliphatic hydroxyl groups is 2. The van der Waals surface area contributed by atoms with Crippen molar-refractivity contribution in [2.75, 3.05) is 18.9 Å². The van der Waals surface area contributed by atoms with E-state index in [9.17, 15) is 20.1 Å². The molecular formula is C32H51NO5S. The zero-order valence-corrected chi connectivity index (χ0v) is 25.0. The van der Waals surface area contributed by atoms with Gasteiger partial charge in [-0.1, -0.05) is 133 Å². The number of phenols is 1. The molecule has 4 N–H and O–H groups in total. The molecule has 0 bridgehead atoms. The average molecular weight is 562 g/mol. The molecule has 39 heavy (non-hydrogen) atoms. The molecule has 2 aromatic carbocycles. The number of unbranched alkanes of at least 4 members (excludes halogenated alkanes) is 13. The molecule has 1 amide bonds. The fourth-order valence-corrected chi connectivity index (χ4v) is 5.39. The van der Waals surface area contributed by atoms with Crippen molar-refractivity contribution in [1.82, 2.24) is 5.32 Å². The highest BCUT2D eigenvalue weighted by Crippen LogP contribution is 2.36. The Bertz CT molecular complexity index is 965. The van der Waals surface area contributed by atoms with Crippen molar-refractivity contribution in [3.63, 3.8) is 0 Å². The number of nitrogens with one attached hydrogen (secondary N) is 1. The minimum Gasteiger partial charge on any atom is -0.506 e. The van der Waals surface area contributed by atoms with Crippen molar-refractivity contribution >= 4 is 28.4 Å². The maximum absolute atomic E-state index is 12.9. The molecule has 0 aromatic heterocycles. The molecule has 0 spiro atoms. The Labute approximate surface area is 239 Å². The predicted molar refractivity (Wildman–Crippen MR) is 164 cm³/mol. The molecule has 0 aliphatic rings. The van der Waals surface area contributed by atoms with Gasteiger partial charge >= 0.3 is 0 Å². The van der Waals surface area contributed by atoms with Gasteiger partial charge < -0.3 is 25.4 Å². The van der Waals surface area contributed by atoms with Crippen molar-refractivity contribution in [1.29, 1.82) is 0 Å². The van der Waals surface area contributed by atoms with Crippen LogP contribution < -0.4 is 10.1 Å². The molecular weight excluding hydrogens is 510 g/mol. The van der Waals surface area contributed by atoms with Gasteiger partial charge in [-0.15, -0.1) is 0 Å². The minimum atomic E-state index is -1.78. The van der Waals surface area contributed by atoms with E-state index in [0.717, 1.165) is 24.6 Å². The van der Waals surface area contributed by atoms with E-state index in [4.69, 9.17) is 4.74 Å². The first-order chi connectivity index (χ1) is 18.9. The van der Waals surface area contributed by atoms with Crippen LogP contribution in [0.5, 0.6) is 11.5 Å². The summed E-state index contributed by atoms with van der Waals surface area (Å²) in [6.45, 7) is 4.77. The third-order valence-electron chi connectivity index (χ3n) is 7.17. The molecule has 0 fully saturated rings. The topological polar surface area (TPSA) is 99.0 Å². The highest BCUT2D eigenvalue weighted by Gasteiger charge is 2.21. The molecule has 7 heteroatoms. The first kappa shape index (κ1) is 33.2. The van der Waals surface area contributed by atoms with Gasteiger partial charge in [-0.05, 0) is 12.5 Å². The molecule has 0 radical (unpaired) electrons. The molecule has 0 heterocycles. The van der Waals surface area contributed by atoms with Crippen molar-refractivity contribution in [3.8, 4) is 11.5 Å². The van der Waals surface area contributed by atoms with Gasteiger partial charge in [0.05, 0.1) is 12.2 Å². The highest BCUT2D eigenvalue weighted by atomic mass is 32.2. The molecule has 220 valence electrons. The van der Waals surface area contributed by atoms with Gasteiger partial charge in [0.2, 0.25) is 5.12 Å². The van der Waals surface area contributed by atoms with Crippen molar-refractivity contribution < 1.29 is 24.9 Å². The number of benzene rings is 2.